The number of carbonyl (C=O) groups excluding carboxylic acids is 1. The maximum atomic E-state index is 12.4. The highest BCUT2D eigenvalue weighted by molar-refractivity contribution is 5.93. The van der Waals surface area contributed by atoms with Crippen LogP contribution in [-0.2, 0) is 40.3 Å². The Kier molecular flexibility index (Phi) is 9.15. The van der Waals surface area contributed by atoms with E-state index >= 15 is 0 Å². The number of pyridine rings is 1. The van der Waals surface area contributed by atoms with Crippen LogP contribution in [-0.4, -0.2) is 30.8 Å². The second-order valence-electron chi connectivity index (χ2n) is 9.94. The summed E-state index contributed by atoms with van der Waals surface area (Å²) in [7, 11) is 1.58. The van der Waals surface area contributed by atoms with Crippen LogP contribution in [0.4, 0.5) is 0 Å². The molecule has 2 aromatic carbocycles. The maximum Gasteiger partial charge on any atom is 0.310 e. The lowest BCUT2D eigenvalue weighted by atomic mass is 10.0. The van der Waals surface area contributed by atoms with Crippen LogP contribution in [0.5, 0.6) is 5.75 Å². The monoisotopic (exact) mass is 516 g/mol. The summed E-state index contributed by atoms with van der Waals surface area (Å²) in [5.74, 6) is 1.76. The molecule has 7 heteroatoms. The predicted molar refractivity (Wildman–Crippen MR) is 148 cm³/mol. The Labute approximate surface area is 223 Å². The summed E-state index contributed by atoms with van der Waals surface area (Å²) in [6.45, 7) is 7.20. The van der Waals surface area contributed by atoms with Gasteiger partial charge in [0.1, 0.15) is 29.8 Å². The number of ether oxygens (including phenoxy) is 3. The standard InChI is InChI=1S/C31H36N2O5/c1-20(2)11-27-15-25-12-22(13-28(31(25)38-27)23-9-10-33-26(14-23)17-32)19-36-29-8-6-5-7-24(29)16-30(34)37-21(3)18-35-4/h5-10,12-15,20-21H,11,16-19,32H2,1-4H3. The first-order valence-corrected chi connectivity index (χ1v) is 13.0. The van der Waals surface area contributed by atoms with Crippen LogP contribution in [0.3, 0.4) is 0 Å². The van der Waals surface area contributed by atoms with E-state index in [0.29, 0.717) is 31.4 Å². The van der Waals surface area contributed by atoms with Crippen LogP contribution < -0.4 is 10.5 Å². The minimum absolute atomic E-state index is 0.119. The van der Waals surface area contributed by atoms with Crippen molar-refractivity contribution in [3.8, 4) is 16.9 Å². The summed E-state index contributed by atoms with van der Waals surface area (Å²) in [5.41, 5.74) is 11.2. The van der Waals surface area contributed by atoms with E-state index in [1.165, 1.54) is 0 Å². The average molecular weight is 517 g/mol. The van der Waals surface area contributed by atoms with Crippen LogP contribution in [0.2, 0.25) is 0 Å². The van der Waals surface area contributed by atoms with Crippen LogP contribution in [0.1, 0.15) is 43.4 Å². The second kappa shape index (κ2) is 12.7. The van der Waals surface area contributed by atoms with Gasteiger partial charge in [-0.1, -0.05) is 32.0 Å². The van der Waals surface area contributed by atoms with Gasteiger partial charge in [0, 0.05) is 42.8 Å². The number of para-hydroxylation sites is 1. The van der Waals surface area contributed by atoms with Gasteiger partial charge in [-0.25, -0.2) is 0 Å². The molecular weight excluding hydrogens is 480 g/mol. The van der Waals surface area contributed by atoms with Gasteiger partial charge in [0.05, 0.1) is 18.7 Å². The minimum Gasteiger partial charge on any atom is -0.489 e. The molecule has 0 saturated heterocycles. The van der Waals surface area contributed by atoms with Crippen LogP contribution in [0.15, 0.2) is 65.2 Å². The van der Waals surface area contributed by atoms with E-state index in [2.05, 4.69) is 37.0 Å². The number of methoxy groups -OCH3 is 1. The molecule has 7 nitrogen and oxygen atoms in total. The first-order valence-electron chi connectivity index (χ1n) is 13.0. The first-order chi connectivity index (χ1) is 18.4. The van der Waals surface area contributed by atoms with Crippen molar-refractivity contribution in [1.29, 1.82) is 0 Å². The normalized spacial score (nSPS) is 12.2. The summed E-state index contributed by atoms with van der Waals surface area (Å²) < 4.78 is 23.0. The van der Waals surface area contributed by atoms with E-state index in [4.69, 9.17) is 24.4 Å². The molecule has 38 heavy (non-hydrogen) atoms. The van der Waals surface area contributed by atoms with E-state index in [1.54, 1.807) is 20.2 Å². The topological polar surface area (TPSA) is 96.8 Å². The Balaban J connectivity index is 1.61. The van der Waals surface area contributed by atoms with E-state index in [9.17, 15) is 4.79 Å². The molecule has 4 rings (SSSR count). The van der Waals surface area contributed by atoms with Gasteiger partial charge in [-0.15, -0.1) is 0 Å². The largest absolute Gasteiger partial charge is 0.489 e. The van der Waals surface area contributed by atoms with Crippen LogP contribution in [0, 0.1) is 5.92 Å². The molecule has 0 amide bonds. The number of nitrogens with zero attached hydrogens (tertiary/aromatic N) is 1. The number of hydrogen-bond acceptors (Lipinski definition) is 7. The highest BCUT2D eigenvalue weighted by Gasteiger charge is 2.16. The van der Waals surface area contributed by atoms with E-state index < -0.39 is 0 Å². The zero-order valence-corrected chi connectivity index (χ0v) is 22.5. The summed E-state index contributed by atoms with van der Waals surface area (Å²) >= 11 is 0. The quantitative estimate of drug-likeness (QED) is 0.236. The summed E-state index contributed by atoms with van der Waals surface area (Å²) in [4.78, 5) is 16.8. The molecule has 0 aliphatic rings. The van der Waals surface area contributed by atoms with Crippen molar-refractivity contribution in [2.45, 2.75) is 52.9 Å². The number of benzene rings is 2. The summed E-state index contributed by atoms with van der Waals surface area (Å²) in [6, 6.07) is 17.8. The first kappa shape index (κ1) is 27.4. The maximum absolute atomic E-state index is 12.4. The molecule has 0 aliphatic carbocycles. The third-order valence-corrected chi connectivity index (χ3v) is 6.11. The van der Waals surface area contributed by atoms with Gasteiger partial charge in [-0.2, -0.15) is 0 Å². The van der Waals surface area contributed by atoms with Crippen molar-refractivity contribution >= 4 is 16.9 Å². The van der Waals surface area contributed by atoms with Crippen LogP contribution >= 0.6 is 0 Å². The molecular formula is C31H36N2O5. The molecule has 2 heterocycles. The molecule has 200 valence electrons. The molecule has 1 unspecified atom stereocenters. The Morgan fingerprint density at radius 2 is 1.89 bits per heavy atom. The van der Waals surface area contributed by atoms with Gasteiger partial charge >= 0.3 is 5.97 Å². The molecule has 1 atom stereocenters. The lowest BCUT2D eigenvalue weighted by Crippen LogP contribution is -2.21. The number of esters is 1. The number of aromatic nitrogens is 1. The van der Waals surface area contributed by atoms with E-state index in [1.807, 2.05) is 36.4 Å². The van der Waals surface area contributed by atoms with Gasteiger partial charge in [0.15, 0.2) is 0 Å². The third-order valence-electron chi connectivity index (χ3n) is 6.11. The van der Waals surface area contributed by atoms with Gasteiger partial charge in [0.25, 0.3) is 0 Å². The molecule has 2 N–H and O–H groups in total. The fourth-order valence-electron chi connectivity index (χ4n) is 4.47. The number of nitrogens with two attached hydrogens (primary N) is 1. The molecule has 0 spiro atoms. The molecule has 4 aromatic rings. The van der Waals surface area contributed by atoms with Crippen molar-refractivity contribution < 1.29 is 23.4 Å². The Morgan fingerprint density at radius 1 is 1.08 bits per heavy atom. The second-order valence-corrected chi connectivity index (χ2v) is 9.94. The van der Waals surface area contributed by atoms with Crippen molar-refractivity contribution in [1.82, 2.24) is 4.98 Å². The number of carbonyl (C=O) groups is 1. The molecule has 0 bridgehead atoms. The zero-order valence-electron chi connectivity index (χ0n) is 22.5. The van der Waals surface area contributed by atoms with Crippen molar-refractivity contribution in [3.05, 3.63) is 83.4 Å². The Hall–Kier alpha value is -3.68. The Bertz CT molecular complexity index is 1380. The fourth-order valence-corrected chi connectivity index (χ4v) is 4.47. The van der Waals surface area contributed by atoms with Crippen molar-refractivity contribution in [2.75, 3.05) is 13.7 Å². The average Bonchev–Trinajstić information content (AvgIpc) is 3.29. The van der Waals surface area contributed by atoms with Gasteiger partial charge in [-0.3, -0.25) is 9.78 Å². The lowest BCUT2D eigenvalue weighted by molar-refractivity contribution is -0.149. The molecule has 0 radical (unpaired) electrons. The molecule has 0 saturated carbocycles. The third kappa shape index (κ3) is 7.00. The predicted octanol–water partition coefficient (Wildman–Crippen LogP) is 5.85. The zero-order chi connectivity index (χ0) is 27.1. The number of furan rings is 1. The van der Waals surface area contributed by atoms with Gasteiger partial charge in [0.2, 0.25) is 0 Å². The summed E-state index contributed by atoms with van der Waals surface area (Å²) in [5, 5.41) is 1.02. The van der Waals surface area contributed by atoms with E-state index in [0.717, 1.165) is 51.1 Å². The smallest absolute Gasteiger partial charge is 0.310 e. The number of hydrogen-bond donors (Lipinski definition) is 1. The summed E-state index contributed by atoms with van der Waals surface area (Å²) in [6.07, 6.45) is 2.44. The molecule has 0 fully saturated rings. The molecule has 2 aromatic heterocycles. The fraction of sp³-hybridized carbons (Fsp3) is 0.355. The van der Waals surface area contributed by atoms with Crippen molar-refractivity contribution in [3.63, 3.8) is 0 Å². The Morgan fingerprint density at radius 3 is 2.66 bits per heavy atom. The van der Waals surface area contributed by atoms with E-state index in [-0.39, 0.29) is 18.5 Å². The number of rotatable bonds is 12. The number of fused-ring (bicyclic) bond motifs is 1. The SMILES string of the molecule is COCC(C)OC(=O)Cc1ccccc1OCc1cc(-c2ccnc(CN)c2)c2oc(CC(C)C)cc2c1. The highest BCUT2D eigenvalue weighted by Crippen LogP contribution is 2.34. The van der Waals surface area contributed by atoms with Crippen molar-refractivity contribution in [2.24, 2.45) is 11.7 Å². The lowest BCUT2D eigenvalue weighted by Gasteiger charge is -2.15. The van der Waals surface area contributed by atoms with Gasteiger partial charge < -0.3 is 24.4 Å². The highest BCUT2D eigenvalue weighted by atomic mass is 16.6. The van der Waals surface area contributed by atoms with Gasteiger partial charge in [-0.05, 0) is 60.4 Å². The minimum atomic E-state index is -0.321. The molecule has 0 aliphatic heterocycles. The van der Waals surface area contributed by atoms with Crippen LogP contribution in [0.25, 0.3) is 22.1 Å².